The molecule has 0 atom stereocenters. The number of hydrogen-bond donors (Lipinski definition) is 5. The van der Waals surface area contributed by atoms with E-state index >= 15 is 0 Å². The van der Waals surface area contributed by atoms with Crippen LogP contribution in [0.3, 0.4) is 0 Å². The molecule has 0 radical (unpaired) electrons. The van der Waals surface area contributed by atoms with Crippen molar-refractivity contribution in [2.45, 2.75) is 13.1 Å². The largest absolute Gasteiger partial charge is 0.508 e. The predicted octanol–water partition coefficient (Wildman–Crippen LogP) is 0.779. The topological polar surface area (TPSA) is 122 Å². The average molecular weight is 300 g/mol. The summed E-state index contributed by atoms with van der Waals surface area (Å²) in [4.78, 5) is 0. The molecule has 0 aliphatic heterocycles. The van der Waals surface area contributed by atoms with Crippen molar-refractivity contribution in [3.8, 4) is 5.75 Å². The van der Waals surface area contributed by atoms with Gasteiger partial charge in [0.05, 0.1) is 25.4 Å². The number of phenolic OH excluding ortho intramolecular Hbond substituents is 1. The monoisotopic (exact) mass is 299 g/mol. The SMILES string of the molecule is Cl.Nc1c(CNc2cccc(O)c2)nn(CCO)c1N. The van der Waals surface area contributed by atoms with Crippen molar-refractivity contribution in [3.05, 3.63) is 30.0 Å². The van der Waals surface area contributed by atoms with E-state index in [0.717, 1.165) is 5.69 Å². The molecule has 1 heterocycles. The van der Waals surface area contributed by atoms with Crippen LogP contribution in [0.2, 0.25) is 0 Å². The number of hydrogen-bond acceptors (Lipinski definition) is 6. The molecule has 7 nitrogen and oxygen atoms in total. The highest BCUT2D eigenvalue weighted by Crippen LogP contribution is 2.21. The fourth-order valence-electron chi connectivity index (χ4n) is 1.74. The number of nitrogens with two attached hydrogens (primary N) is 2. The Bertz CT molecular complexity index is 573. The summed E-state index contributed by atoms with van der Waals surface area (Å²) in [5, 5.41) is 25.5. The van der Waals surface area contributed by atoms with Crippen LogP contribution in [0.4, 0.5) is 17.2 Å². The van der Waals surface area contributed by atoms with E-state index < -0.39 is 0 Å². The van der Waals surface area contributed by atoms with E-state index in [-0.39, 0.29) is 24.8 Å². The lowest BCUT2D eigenvalue weighted by molar-refractivity contribution is 0.270. The van der Waals surface area contributed by atoms with Crippen LogP contribution < -0.4 is 16.8 Å². The molecule has 8 heteroatoms. The Hall–Kier alpha value is -2.12. The summed E-state index contributed by atoms with van der Waals surface area (Å²) in [6.45, 7) is 0.644. The first-order chi connectivity index (χ1) is 9.11. The van der Waals surface area contributed by atoms with E-state index in [4.69, 9.17) is 16.6 Å². The van der Waals surface area contributed by atoms with Crippen LogP contribution in [0.15, 0.2) is 24.3 Å². The number of nitrogens with one attached hydrogen (secondary N) is 1. The van der Waals surface area contributed by atoms with Gasteiger partial charge in [0.25, 0.3) is 0 Å². The van der Waals surface area contributed by atoms with Crippen molar-refractivity contribution < 1.29 is 10.2 Å². The summed E-state index contributed by atoms with van der Waals surface area (Å²) in [5.74, 6) is 0.532. The van der Waals surface area contributed by atoms with E-state index in [1.165, 1.54) is 4.68 Å². The normalized spacial score (nSPS) is 10.1. The molecule has 2 rings (SSSR count). The minimum Gasteiger partial charge on any atom is -0.508 e. The van der Waals surface area contributed by atoms with Crippen molar-refractivity contribution in [1.82, 2.24) is 9.78 Å². The Balaban J connectivity index is 0.00000200. The number of aliphatic hydroxyl groups is 1. The van der Waals surface area contributed by atoms with E-state index in [1.807, 2.05) is 6.07 Å². The van der Waals surface area contributed by atoms with Crippen molar-refractivity contribution >= 4 is 29.6 Å². The summed E-state index contributed by atoms with van der Waals surface area (Å²) in [6, 6.07) is 6.75. The van der Waals surface area contributed by atoms with Crippen molar-refractivity contribution in [1.29, 1.82) is 0 Å². The number of rotatable bonds is 5. The maximum atomic E-state index is 9.35. The van der Waals surface area contributed by atoms with Gasteiger partial charge < -0.3 is 27.0 Å². The fourth-order valence-corrected chi connectivity index (χ4v) is 1.74. The predicted molar refractivity (Wildman–Crippen MR) is 80.8 cm³/mol. The molecular weight excluding hydrogens is 282 g/mol. The number of aromatic hydroxyl groups is 1. The molecule has 0 bridgehead atoms. The molecule has 0 aliphatic rings. The van der Waals surface area contributed by atoms with Gasteiger partial charge in [0.15, 0.2) is 0 Å². The second-order valence-corrected chi connectivity index (χ2v) is 4.10. The lowest BCUT2D eigenvalue weighted by atomic mass is 10.3. The summed E-state index contributed by atoms with van der Waals surface area (Å²) >= 11 is 0. The van der Waals surface area contributed by atoms with Gasteiger partial charge in [0.2, 0.25) is 0 Å². The quantitative estimate of drug-likeness (QED) is 0.556. The van der Waals surface area contributed by atoms with Gasteiger partial charge in [-0.15, -0.1) is 12.4 Å². The zero-order valence-corrected chi connectivity index (χ0v) is 11.6. The number of benzene rings is 1. The molecule has 0 saturated heterocycles. The van der Waals surface area contributed by atoms with Gasteiger partial charge in [-0.05, 0) is 12.1 Å². The second-order valence-electron chi connectivity index (χ2n) is 4.10. The van der Waals surface area contributed by atoms with Crippen molar-refractivity contribution in [2.75, 3.05) is 23.4 Å². The first-order valence-corrected chi connectivity index (χ1v) is 5.86. The zero-order chi connectivity index (χ0) is 13.8. The van der Waals surface area contributed by atoms with Gasteiger partial charge in [0.1, 0.15) is 17.3 Å². The molecular formula is C12H18ClN5O2. The Morgan fingerprint density at radius 1 is 1.30 bits per heavy atom. The number of phenols is 1. The first kappa shape index (κ1) is 15.9. The summed E-state index contributed by atoms with van der Waals surface area (Å²) in [6.07, 6.45) is 0. The number of aromatic nitrogens is 2. The Morgan fingerprint density at radius 3 is 2.70 bits per heavy atom. The van der Waals surface area contributed by atoms with Crippen LogP contribution in [0.25, 0.3) is 0 Å². The maximum absolute atomic E-state index is 9.35. The number of halogens is 1. The van der Waals surface area contributed by atoms with Crippen LogP contribution in [0, 0.1) is 0 Å². The van der Waals surface area contributed by atoms with Crippen LogP contribution in [0.1, 0.15) is 5.69 Å². The third-order valence-electron chi connectivity index (χ3n) is 2.72. The molecule has 1 aromatic heterocycles. The molecule has 0 fully saturated rings. The van der Waals surface area contributed by atoms with Gasteiger partial charge >= 0.3 is 0 Å². The number of anilines is 3. The smallest absolute Gasteiger partial charge is 0.145 e. The molecule has 0 aliphatic carbocycles. The van der Waals surface area contributed by atoms with Crippen LogP contribution in [-0.2, 0) is 13.1 Å². The molecule has 2 aromatic rings. The minimum atomic E-state index is -0.0508. The molecule has 0 unspecified atom stereocenters. The first-order valence-electron chi connectivity index (χ1n) is 5.86. The number of nitrogen functional groups attached to an aromatic ring is 2. The highest BCUT2D eigenvalue weighted by Gasteiger charge is 2.12. The molecule has 0 spiro atoms. The van der Waals surface area contributed by atoms with Gasteiger partial charge in [-0.1, -0.05) is 6.07 Å². The van der Waals surface area contributed by atoms with E-state index in [1.54, 1.807) is 18.2 Å². The van der Waals surface area contributed by atoms with Gasteiger partial charge in [-0.3, -0.25) is 0 Å². The Kier molecular flexibility index (Phi) is 5.48. The van der Waals surface area contributed by atoms with Gasteiger partial charge in [-0.2, -0.15) is 5.10 Å². The fraction of sp³-hybridized carbons (Fsp3) is 0.250. The third kappa shape index (κ3) is 3.46. The standard InChI is InChI=1S/C12H17N5O2.ClH/c13-11-10(16-17(4-5-18)12(11)14)7-15-8-2-1-3-9(19)6-8;/h1-3,6,15,18-19H,4-5,7,13-14H2;1H. The van der Waals surface area contributed by atoms with E-state index in [9.17, 15) is 5.11 Å². The molecule has 0 saturated carbocycles. The lowest BCUT2D eigenvalue weighted by Crippen LogP contribution is -2.08. The van der Waals surface area contributed by atoms with Crippen LogP contribution >= 0.6 is 12.4 Å². The Morgan fingerprint density at radius 2 is 2.05 bits per heavy atom. The molecule has 1 aromatic carbocycles. The third-order valence-corrected chi connectivity index (χ3v) is 2.72. The van der Waals surface area contributed by atoms with Crippen LogP contribution in [-0.4, -0.2) is 26.6 Å². The lowest BCUT2D eigenvalue weighted by Gasteiger charge is -2.05. The van der Waals surface area contributed by atoms with E-state index in [2.05, 4.69) is 10.4 Å². The second kappa shape index (κ2) is 6.88. The molecule has 110 valence electrons. The maximum Gasteiger partial charge on any atom is 0.145 e. The molecule has 0 amide bonds. The van der Waals surface area contributed by atoms with Gasteiger partial charge in [-0.25, -0.2) is 4.68 Å². The average Bonchev–Trinajstić information content (AvgIpc) is 2.65. The highest BCUT2D eigenvalue weighted by molar-refractivity contribution is 5.85. The van der Waals surface area contributed by atoms with E-state index in [0.29, 0.717) is 30.3 Å². The minimum absolute atomic E-state index is 0. The van der Waals surface area contributed by atoms with Crippen LogP contribution in [0.5, 0.6) is 5.75 Å². The number of nitrogens with zero attached hydrogens (tertiary/aromatic N) is 2. The number of aliphatic hydroxyl groups excluding tert-OH is 1. The zero-order valence-electron chi connectivity index (χ0n) is 10.8. The summed E-state index contributed by atoms with van der Waals surface area (Å²) in [7, 11) is 0. The Labute approximate surface area is 122 Å². The highest BCUT2D eigenvalue weighted by atomic mass is 35.5. The molecule has 7 N–H and O–H groups in total. The van der Waals surface area contributed by atoms with Crippen molar-refractivity contribution in [2.24, 2.45) is 0 Å². The summed E-state index contributed by atoms with van der Waals surface area (Å²) < 4.78 is 1.47. The van der Waals surface area contributed by atoms with Crippen molar-refractivity contribution in [3.63, 3.8) is 0 Å². The molecule has 20 heavy (non-hydrogen) atoms. The summed E-state index contributed by atoms with van der Waals surface area (Å²) in [5.41, 5.74) is 13.4. The van der Waals surface area contributed by atoms with Gasteiger partial charge in [0, 0.05) is 11.8 Å².